The number of nitrogens with zero attached hydrogens (tertiary/aromatic N) is 2. The lowest BCUT2D eigenvalue weighted by molar-refractivity contribution is -0.145. The maximum Gasteiger partial charge on any atom is 0.401 e. The van der Waals surface area contributed by atoms with Gasteiger partial charge in [0.2, 0.25) is 0 Å². The summed E-state index contributed by atoms with van der Waals surface area (Å²) < 4.78 is 42.9. The van der Waals surface area contributed by atoms with Crippen LogP contribution in [0.5, 0.6) is 5.75 Å². The summed E-state index contributed by atoms with van der Waals surface area (Å²) in [4.78, 5) is 3.75. The molecule has 0 aliphatic carbocycles. The molecule has 0 N–H and O–H groups in total. The number of benzene rings is 1. The summed E-state index contributed by atoms with van der Waals surface area (Å²) in [7, 11) is 0. The summed E-state index contributed by atoms with van der Waals surface area (Å²) in [6.07, 6.45) is -2.37. The molecular formula is C16H21F3N2O. The molecule has 0 amide bonds. The van der Waals surface area contributed by atoms with E-state index in [9.17, 15) is 13.2 Å². The van der Waals surface area contributed by atoms with E-state index in [0.29, 0.717) is 19.6 Å². The van der Waals surface area contributed by atoms with Gasteiger partial charge in [-0.3, -0.25) is 9.80 Å². The maximum absolute atomic E-state index is 12.5. The van der Waals surface area contributed by atoms with Gasteiger partial charge in [0.1, 0.15) is 5.75 Å². The van der Waals surface area contributed by atoms with E-state index >= 15 is 0 Å². The molecule has 0 spiro atoms. The Hall–Kier alpha value is -1.27. The fourth-order valence-electron chi connectivity index (χ4n) is 3.19. The second-order valence-electron chi connectivity index (χ2n) is 6.06. The molecule has 2 aliphatic rings. The zero-order valence-corrected chi connectivity index (χ0v) is 12.5. The lowest BCUT2D eigenvalue weighted by Gasteiger charge is -2.22. The molecule has 1 aromatic carbocycles. The highest BCUT2D eigenvalue weighted by molar-refractivity contribution is 5.39. The first-order valence-electron chi connectivity index (χ1n) is 7.76. The normalized spacial score (nSPS) is 20.5. The van der Waals surface area contributed by atoms with Crippen LogP contribution < -0.4 is 4.74 Å². The van der Waals surface area contributed by atoms with Crippen molar-refractivity contribution in [3.8, 4) is 5.75 Å². The van der Waals surface area contributed by atoms with Crippen LogP contribution in [0.1, 0.15) is 17.5 Å². The van der Waals surface area contributed by atoms with Crippen molar-refractivity contribution >= 4 is 0 Å². The Kier molecular flexibility index (Phi) is 4.59. The number of halogens is 3. The number of hydrogen-bond donors (Lipinski definition) is 0. The third-order valence-electron chi connectivity index (χ3n) is 4.24. The first kappa shape index (κ1) is 15.6. The molecule has 0 atom stereocenters. The van der Waals surface area contributed by atoms with Gasteiger partial charge in [-0.1, -0.05) is 12.1 Å². The Bertz CT molecular complexity index is 519. The van der Waals surface area contributed by atoms with Crippen molar-refractivity contribution in [3.05, 3.63) is 29.3 Å². The fourth-order valence-corrected chi connectivity index (χ4v) is 3.19. The van der Waals surface area contributed by atoms with Crippen molar-refractivity contribution in [1.82, 2.24) is 9.80 Å². The second-order valence-corrected chi connectivity index (χ2v) is 6.06. The standard InChI is InChI=1S/C16H21F3N2O/c17-16(18,19)12-21-6-1-5-20(7-8-21)11-13-2-3-15-14(10-13)4-9-22-15/h2-3,10H,1,4-9,11-12H2. The molecule has 0 saturated carbocycles. The fraction of sp³-hybridized carbons (Fsp3) is 0.625. The van der Waals surface area contributed by atoms with Gasteiger partial charge in [-0.2, -0.15) is 13.2 Å². The summed E-state index contributed by atoms with van der Waals surface area (Å²) in [6, 6.07) is 6.23. The van der Waals surface area contributed by atoms with Crippen molar-refractivity contribution in [2.75, 3.05) is 39.3 Å². The van der Waals surface area contributed by atoms with Crippen LogP contribution in [0.15, 0.2) is 18.2 Å². The van der Waals surface area contributed by atoms with Crippen molar-refractivity contribution in [3.63, 3.8) is 0 Å². The smallest absolute Gasteiger partial charge is 0.401 e. The van der Waals surface area contributed by atoms with Crippen LogP contribution in [0.3, 0.4) is 0 Å². The molecule has 6 heteroatoms. The summed E-state index contributed by atoms with van der Waals surface area (Å²) in [5.74, 6) is 0.968. The van der Waals surface area contributed by atoms with E-state index < -0.39 is 12.7 Å². The molecule has 0 radical (unpaired) electrons. The van der Waals surface area contributed by atoms with Crippen molar-refractivity contribution in [1.29, 1.82) is 0 Å². The van der Waals surface area contributed by atoms with Crippen LogP contribution in [-0.2, 0) is 13.0 Å². The number of hydrogen-bond acceptors (Lipinski definition) is 3. The number of alkyl halides is 3. The molecule has 0 aromatic heterocycles. The first-order valence-corrected chi connectivity index (χ1v) is 7.76. The SMILES string of the molecule is FC(F)(F)CN1CCCN(Cc2ccc3c(c2)CCO3)CC1. The predicted octanol–water partition coefficient (Wildman–Crippen LogP) is 2.69. The molecular weight excluding hydrogens is 293 g/mol. The molecule has 1 saturated heterocycles. The minimum atomic E-state index is -4.10. The van der Waals surface area contributed by atoms with Gasteiger partial charge in [-0.25, -0.2) is 0 Å². The van der Waals surface area contributed by atoms with E-state index in [1.54, 1.807) is 0 Å². The van der Waals surface area contributed by atoms with Crippen LogP contribution in [0.25, 0.3) is 0 Å². The highest BCUT2D eigenvalue weighted by Crippen LogP contribution is 2.26. The van der Waals surface area contributed by atoms with Gasteiger partial charge in [0.25, 0.3) is 0 Å². The maximum atomic E-state index is 12.5. The third kappa shape index (κ3) is 4.14. The van der Waals surface area contributed by atoms with E-state index in [1.807, 2.05) is 6.07 Å². The average molecular weight is 314 g/mol. The molecule has 3 nitrogen and oxygen atoms in total. The van der Waals surface area contributed by atoms with Gasteiger partial charge >= 0.3 is 6.18 Å². The van der Waals surface area contributed by atoms with E-state index in [0.717, 1.165) is 38.3 Å². The molecule has 2 heterocycles. The molecule has 3 rings (SSSR count). The lowest BCUT2D eigenvalue weighted by atomic mass is 10.1. The van der Waals surface area contributed by atoms with E-state index in [1.165, 1.54) is 16.0 Å². The second kappa shape index (κ2) is 6.46. The summed E-state index contributed by atoms with van der Waals surface area (Å²) in [6.45, 7) is 3.28. The number of ether oxygens (including phenoxy) is 1. The van der Waals surface area contributed by atoms with Crippen LogP contribution in [0, 0.1) is 0 Å². The molecule has 2 aliphatic heterocycles. The Morgan fingerprint density at radius 2 is 1.82 bits per heavy atom. The third-order valence-corrected chi connectivity index (χ3v) is 4.24. The summed E-state index contributed by atoms with van der Waals surface area (Å²) in [5, 5.41) is 0. The Labute approximate surface area is 128 Å². The summed E-state index contributed by atoms with van der Waals surface area (Å²) in [5.41, 5.74) is 2.46. The van der Waals surface area contributed by atoms with Crippen molar-refractivity contribution < 1.29 is 17.9 Å². The van der Waals surface area contributed by atoms with Gasteiger partial charge < -0.3 is 4.74 Å². The molecule has 1 aromatic rings. The van der Waals surface area contributed by atoms with Gasteiger partial charge in [-0.05, 0) is 36.7 Å². The molecule has 0 unspecified atom stereocenters. The van der Waals surface area contributed by atoms with Crippen LogP contribution in [0.4, 0.5) is 13.2 Å². The molecule has 122 valence electrons. The number of fused-ring (bicyclic) bond motifs is 1. The van der Waals surface area contributed by atoms with Gasteiger partial charge in [-0.15, -0.1) is 0 Å². The van der Waals surface area contributed by atoms with Gasteiger partial charge in [0, 0.05) is 26.1 Å². The van der Waals surface area contributed by atoms with Crippen LogP contribution >= 0.6 is 0 Å². The zero-order chi connectivity index (χ0) is 15.6. The topological polar surface area (TPSA) is 15.7 Å². The van der Waals surface area contributed by atoms with Crippen molar-refractivity contribution in [2.24, 2.45) is 0 Å². The van der Waals surface area contributed by atoms with Crippen LogP contribution in [-0.4, -0.2) is 55.3 Å². The molecule has 22 heavy (non-hydrogen) atoms. The zero-order valence-electron chi connectivity index (χ0n) is 12.5. The highest BCUT2D eigenvalue weighted by Gasteiger charge is 2.31. The van der Waals surface area contributed by atoms with E-state index in [4.69, 9.17) is 4.74 Å². The quantitative estimate of drug-likeness (QED) is 0.853. The predicted molar refractivity (Wildman–Crippen MR) is 78.0 cm³/mol. The van der Waals surface area contributed by atoms with E-state index in [2.05, 4.69) is 17.0 Å². The number of rotatable bonds is 3. The molecule has 0 bridgehead atoms. The van der Waals surface area contributed by atoms with Crippen LogP contribution in [0.2, 0.25) is 0 Å². The Morgan fingerprint density at radius 1 is 1.05 bits per heavy atom. The minimum absolute atomic E-state index is 0.480. The Morgan fingerprint density at radius 3 is 2.64 bits per heavy atom. The van der Waals surface area contributed by atoms with Gasteiger partial charge in [0.05, 0.1) is 13.2 Å². The average Bonchev–Trinajstić information content (AvgIpc) is 2.80. The first-order chi connectivity index (χ1) is 10.5. The summed E-state index contributed by atoms with van der Waals surface area (Å²) >= 11 is 0. The highest BCUT2D eigenvalue weighted by atomic mass is 19.4. The largest absolute Gasteiger partial charge is 0.493 e. The van der Waals surface area contributed by atoms with Gasteiger partial charge in [0.15, 0.2) is 0 Å². The Balaban J connectivity index is 1.55. The minimum Gasteiger partial charge on any atom is -0.493 e. The van der Waals surface area contributed by atoms with E-state index in [-0.39, 0.29) is 0 Å². The monoisotopic (exact) mass is 314 g/mol. The van der Waals surface area contributed by atoms with Crippen molar-refractivity contribution in [2.45, 2.75) is 25.6 Å². The lowest BCUT2D eigenvalue weighted by Crippen LogP contribution is -2.37. The molecule has 1 fully saturated rings.